The van der Waals surface area contributed by atoms with E-state index < -0.39 is 17.8 Å². The van der Waals surface area contributed by atoms with E-state index in [-0.39, 0.29) is 16.8 Å². The van der Waals surface area contributed by atoms with Crippen LogP contribution in [0.1, 0.15) is 36.8 Å². The van der Waals surface area contributed by atoms with Crippen molar-refractivity contribution in [2.75, 3.05) is 7.11 Å². The first kappa shape index (κ1) is 15.9. The number of hydroxylamine groups is 2. The van der Waals surface area contributed by atoms with Crippen LogP contribution in [0.5, 0.6) is 5.75 Å². The molecule has 130 valence electrons. The van der Waals surface area contributed by atoms with Crippen molar-refractivity contribution in [2.45, 2.75) is 6.92 Å². The monoisotopic (exact) mass is 350 g/mol. The Morgan fingerprint density at radius 3 is 2.31 bits per heavy atom. The number of methoxy groups -OCH3 is 1. The summed E-state index contributed by atoms with van der Waals surface area (Å²) in [4.78, 5) is 45.3. The summed E-state index contributed by atoms with van der Waals surface area (Å²) in [5.41, 5.74) is 1.95. The summed E-state index contributed by atoms with van der Waals surface area (Å²) in [6.45, 7) is 1.75. The maximum absolute atomic E-state index is 12.6. The van der Waals surface area contributed by atoms with Crippen LogP contribution < -0.4 is 4.74 Å². The molecule has 4 rings (SSSR count). The Kier molecular flexibility index (Phi) is 3.50. The third-order valence-corrected chi connectivity index (χ3v) is 4.40. The van der Waals surface area contributed by atoms with Gasteiger partial charge in [-0.05, 0) is 42.8 Å². The van der Waals surface area contributed by atoms with Crippen molar-refractivity contribution in [3.63, 3.8) is 0 Å². The summed E-state index contributed by atoms with van der Waals surface area (Å²) in [5.74, 6) is -1.48. The maximum Gasteiger partial charge on any atom is 0.380 e. The summed E-state index contributed by atoms with van der Waals surface area (Å²) in [7, 11) is 1.56. The second-order valence-electron chi connectivity index (χ2n) is 5.87. The smallest absolute Gasteiger partial charge is 0.380 e. The Bertz CT molecular complexity index is 1050. The van der Waals surface area contributed by atoms with Gasteiger partial charge in [-0.15, -0.1) is 0 Å². The summed E-state index contributed by atoms with van der Waals surface area (Å²) in [6.07, 6.45) is 0. The molecule has 0 saturated carbocycles. The van der Waals surface area contributed by atoms with E-state index in [1.807, 2.05) is 0 Å². The molecular weight excluding hydrogens is 336 g/mol. The van der Waals surface area contributed by atoms with Crippen molar-refractivity contribution < 1.29 is 24.0 Å². The topological polar surface area (TPSA) is 88.7 Å². The number of hydrogen-bond donors (Lipinski definition) is 1. The molecule has 0 fully saturated rings. The average molecular weight is 350 g/mol. The second kappa shape index (κ2) is 5.73. The molecule has 7 nitrogen and oxygen atoms in total. The molecule has 26 heavy (non-hydrogen) atoms. The van der Waals surface area contributed by atoms with Crippen molar-refractivity contribution in [1.82, 2.24) is 10.0 Å². The third kappa shape index (κ3) is 2.25. The van der Waals surface area contributed by atoms with Crippen molar-refractivity contribution in [1.29, 1.82) is 0 Å². The first-order chi connectivity index (χ1) is 12.5. The average Bonchev–Trinajstić information content (AvgIpc) is 3.12. The molecule has 0 bridgehead atoms. The van der Waals surface area contributed by atoms with Gasteiger partial charge in [-0.1, -0.05) is 17.2 Å². The van der Waals surface area contributed by atoms with Gasteiger partial charge in [0, 0.05) is 10.9 Å². The predicted octanol–water partition coefficient (Wildman–Crippen LogP) is 2.85. The Labute approximate surface area is 148 Å². The summed E-state index contributed by atoms with van der Waals surface area (Å²) in [6, 6.07) is 11.7. The molecule has 0 unspecified atom stereocenters. The Hall–Kier alpha value is -3.61. The highest BCUT2D eigenvalue weighted by Gasteiger charge is 2.39. The molecule has 0 saturated heterocycles. The predicted molar refractivity (Wildman–Crippen MR) is 91.9 cm³/mol. The van der Waals surface area contributed by atoms with Crippen LogP contribution in [-0.4, -0.2) is 34.9 Å². The molecule has 0 aliphatic carbocycles. The van der Waals surface area contributed by atoms with Gasteiger partial charge in [0.2, 0.25) is 0 Å². The number of benzene rings is 2. The number of imide groups is 1. The van der Waals surface area contributed by atoms with E-state index in [1.165, 1.54) is 12.1 Å². The van der Waals surface area contributed by atoms with Crippen LogP contribution in [0.15, 0.2) is 42.5 Å². The lowest BCUT2D eigenvalue weighted by Crippen LogP contribution is -2.33. The molecule has 1 aliphatic heterocycles. The zero-order valence-electron chi connectivity index (χ0n) is 14.0. The van der Waals surface area contributed by atoms with Gasteiger partial charge in [0.15, 0.2) is 0 Å². The van der Waals surface area contributed by atoms with Gasteiger partial charge in [-0.25, -0.2) is 4.79 Å². The number of hydrogen-bond acceptors (Lipinski definition) is 5. The van der Waals surface area contributed by atoms with Gasteiger partial charge in [0.1, 0.15) is 11.4 Å². The third-order valence-electron chi connectivity index (χ3n) is 4.40. The lowest BCUT2D eigenvalue weighted by atomic mass is 10.1. The number of fused-ring (bicyclic) bond motifs is 2. The zero-order valence-corrected chi connectivity index (χ0v) is 14.0. The highest BCUT2D eigenvalue weighted by molar-refractivity contribution is 6.21. The molecule has 1 aliphatic rings. The van der Waals surface area contributed by atoms with E-state index in [4.69, 9.17) is 9.57 Å². The zero-order chi connectivity index (χ0) is 18.4. The SMILES string of the molecule is COc1ccc2[nH]c(C(=O)ON3C(=O)c4ccccc4C3=O)c(C)c2c1. The molecule has 0 radical (unpaired) electrons. The summed E-state index contributed by atoms with van der Waals surface area (Å²) >= 11 is 0. The van der Waals surface area contributed by atoms with Crippen LogP contribution in [0.2, 0.25) is 0 Å². The quantitative estimate of drug-likeness (QED) is 0.734. The van der Waals surface area contributed by atoms with Gasteiger partial charge >= 0.3 is 5.97 Å². The van der Waals surface area contributed by atoms with Crippen LogP contribution in [0, 0.1) is 6.92 Å². The molecule has 0 atom stereocenters. The van der Waals surface area contributed by atoms with E-state index >= 15 is 0 Å². The maximum atomic E-state index is 12.6. The number of H-pyrrole nitrogens is 1. The number of carbonyl (C=O) groups excluding carboxylic acids is 3. The van der Waals surface area contributed by atoms with E-state index in [2.05, 4.69) is 4.98 Å². The van der Waals surface area contributed by atoms with Crippen LogP contribution >= 0.6 is 0 Å². The number of carbonyl (C=O) groups is 3. The summed E-state index contributed by atoms with van der Waals surface area (Å²) < 4.78 is 5.19. The normalized spacial score (nSPS) is 13.2. The van der Waals surface area contributed by atoms with Crippen molar-refractivity contribution >= 4 is 28.7 Å². The molecule has 7 heteroatoms. The van der Waals surface area contributed by atoms with Crippen molar-refractivity contribution in [2.24, 2.45) is 0 Å². The summed E-state index contributed by atoms with van der Waals surface area (Å²) in [5, 5.41) is 1.29. The molecule has 2 amide bonds. The number of ether oxygens (including phenoxy) is 1. The molecule has 2 heterocycles. The lowest BCUT2D eigenvalue weighted by molar-refractivity contribution is -0.0588. The minimum absolute atomic E-state index is 0.171. The van der Waals surface area contributed by atoms with E-state index in [9.17, 15) is 14.4 Å². The Morgan fingerprint density at radius 2 is 1.69 bits per heavy atom. The lowest BCUT2D eigenvalue weighted by Gasteiger charge is -2.12. The fourth-order valence-corrected chi connectivity index (χ4v) is 3.02. The number of aromatic nitrogens is 1. The molecule has 1 aromatic heterocycles. The largest absolute Gasteiger partial charge is 0.497 e. The van der Waals surface area contributed by atoms with E-state index in [0.29, 0.717) is 16.4 Å². The van der Waals surface area contributed by atoms with Crippen molar-refractivity contribution in [3.05, 3.63) is 64.8 Å². The molecular formula is C19H14N2O5. The Morgan fingerprint density at radius 1 is 1.04 bits per heavy atom. The number of aromatic amines is 1. The van der Waals surface area contributed by atoms with Crippen LogP contribution in [0.3, 0.4) is 0 Å². The fraction of sp³-hybridized carbons (Fsp3) is 0.105. The highest BCUT2D eigenvalue weighted by atomic mass is 16.7. The van der Waals surface area contributed by atoms with Gasteiger partial charge in [0.25, 0.3) is 11.8 Å². The van der Waals surface area contributed by atoms with Gasteiger partial charge in [-0.3, -0.25) is 9.59 Å². The fourth-order valence-electron chi connectivity index (χ4n) is 3.02. The standard InChI is InChI=1S/C19H14N2O5/c1-10-14-9-11(25-2)7-8-15(14)20-16(10)19(24)26-21-17(22)12-5-3-4-6-13(12)18(21)23/h3-9,20H,1-2H3. The van der Waals surface area contributed by atoms with Gasteiger partial charge in [-0.2, -0.15) is 0 Å². The number of aryl methyl sites for hydroxylation is 1. The minimum Gasteiger partial charge on any atom is -0.497 e. The first-order valence-electron chi connectivity index (χ1n) is 7.87. The molecule has 3 aromatic rings. The van der Waals surface area contributed by atoms with Gasteiger partial charge in [0.05, 0.1) is 18.2 Å². The molecule has 1 N–H and O–H groups in total. The van der Waals surface area contributed by atoms with E-state index in [0.717, 1.165) is 10.9 Å². The first-order valence-corrected chi connectivity index (χ1v) is 7.87. The Balaban J connectivity index is 1.65. The van der Waals surface area contributed by atoms with Crippen molar-refractivity contribution in [3.8, 4) is 5.75 Å². The van der Waals surface area contributed by atoms with Crippen LogP contribution in [0.4, 0.5) is 0 Å². The molecule has 2 aromatic carbocycles. The number of rotatable bonds is 3. The van der Waals surface area contributed by atoms with Crippen LogP contribution in [0.25, 0.3) is 10.9 Å². The van der Waals surface area contributed by atoms with Gasteiger partial charge < -0.3 is 14.6 Å². The molecule has 0 spiro atoms. The highest BCUT2D eigenvalue weighted by Crippen LogP contribution is 2.28. The number of amides is 2. The van der Waals surface area contributed by atoms with E-state index in [1.54, 1.807) is 44.4 Å². The minimum atomic E-state index is -0.813. The van der Waals surface area contributed by atoms with Crippen LogP contribution in [-0.2, 0) is 4.84 Å². The second-order valence-corrected chi connectivity index (χ2v) is 5.87. The number of nitrogens with zero attached hydrogens (tertiary/aromatic N) is 1. The number of nitrogens with one attached hydrogen (secondary N) is 1.